The van der Waals surface area contributed by atoms with Gasteiger partial charge in [-0.2, -0.15) is 0 Å². The third-order valence-corrected chi connectivity index (χ3v) is 2.70. The van der Waals surface area contributed by atoms with Crippen molar-refractivity contribution < 1.29 is 14.4 Å². The Hall–Kier alpha value is -0.620. The highest BCUT2D eigenvalue weighted by Gasteiger charge is 2.18. The molecule has 3 N–H and O–H groups in total. The Morgan fingerprint density at radius 1 is 1.54 bits per heavy atom. The van der Waals surface area contributed by atoms with Crippen LogP contribution in [-0.4, -0.2) is 23.2 Å². The summed E-state index contributed by atoms with van der Waals surface area (Å²) >= 11 is 3.17. The molecule has 6 heteroatoms. The zero-order valence-electron chi connectivity index (χ0n) is 7.54. The van der Waals surface area contributed by atoms with Crippen LogP contribution in [0.25, 0.3) is 0 Å². The van der Waals surface area contributed by atoms with E-state index < -0.39 is 5.91 Å². The van der Waals surface area contributed by atoms with Crippen LogP contribution < -0.4 is 11.2 Å². The molecule has 0 saturated carbocycles. The molecule has 0 aliphatic rings. The van der Waals surface area contributed by atoms with Crippen molar-refractivity contribution in [2.24, 2.45) is 11.7 Å². The first-order valence-electron chi connectivity index (χ1n) is 3.79. The molecular weight excluding hydrogens is 240 g/mol. The molecule has 13 heavy (non-hydrogen) atoms. The van der Waals surface area contributed by atoms with Crippen molar-refractivity contribution >= 4 is 27.7 Å². The second-order valence-corrected chi connectivity index (χ2v) is 3.85. The molecule has 0 spiro atoms. The number of carbonyl (C=O) groups excluding carboxylic acids is 2. The molecule has 0 aromatic heterocycles. The number of carbonyl (C=O) groups is 2. The van der Waals surface area contributed by atoms with Crippen molar-refractivity contribution in [2.45, 2.75) is 18.7 Å². The second-order valence-electron chi connectivity index (χ2n) is 2.87. The summed E-state index contributed by atoms with van der Waals surface area (Å²) in [5.41, 5.74) is 6.90. The Kier molecular flexibility index (Phi) is 5.65. The van der Waals surface area contributed by atoms with Crippen LogP contribution in [0.5, 0.6) is 0 Å². The topological polar surface area (TPSA) is 81.4 Å². The molecule has 0 radical (unpaired) electrons. The molecule has 0 aromatic rings. The van der Waals surface area contributed by atoms with E-state index in [2.05, 4.69) is 26.2 Å². The number of nitrogens with one attached hydrogen (secondary N) is 1. The Morgan fingerprint density at radius 2 is 2.08 bits per heavy atom. The maximum absolute atomic E-state index is 11.1. The molecule has 0 heterocycles. The summed E-state index contributed by atoms with van der Waals surface area (Å²) in [7, 11) is 0. The molecule has 0 aliphatic heterocycles. The van der Waals surface area contributed by atoms with E-state index in [0.717, 1.165) is 0 Å². The van der Waals surface area contributed by atoms with Crippen LogP contribution in [0.3, 0.4) is 0 Å². The number of alkyl halides is 1. The summed E-state index contributed by atoms with van der Waals surface area (Å²) in [5.74, 6) is -0.801. The Labute approximate surface area is 85.1 Å². The van der Waals surface area contributed by atoms with E-state index in [9.17, 15) is 9.59 Å². The van der Waals surface area contributed by atoms with Gasteiger partial charge in [-0.3, -0.25) is 14.4 Å². The highest BCUT2D eigenvalue weighted by molar-refractivity contribution is 9.10. The third kappa shape index (κ3) is 5.59. The van der Waals surface area contributed by atoms with Gasteiger partial charge in [0.25, 0.3) is 5.91 Å². The summed E-state index contributed by atoms with van der Waals surface area (Å²) in [5, 5.41) is 0. The van der Waals surface area contributed by atoms with Gasteiger partial charge in [-0.1, -0.05) is 29.8 Å². The first kappa shape index (κ1) is 12.4. The average molecular weight is 253 g/mol. The molecular formula is C7H13BrN2O3. The van der Waals surface area contributed by atoms with Gasteiger partial charge in [0.1, 0.15) is 0 Å². The quantitative estimate of drug-likeness (QED) is 0.532. The van der Waals surface area contributed by atoms with Crippen LogP contribution in [0.2, 0.25) is 0 Å². The maximum atomic E-state index is 11.1. The molecule has 5 nitrogen and oxygen atoms in total. The second kappa shape index (κ2) is 5.93. The minimum Gasteiger partial charge on any atom is -0.368 e. The fourth-order valence-corrected chi connectivity index (χ4v) is 0.631. The fourth-order valence-electron chi connectivity index (χ4n) is 0.537. The van der Waals surface area contributed by atoms with Gasteiger partial charge in [-0.25, -0.2) is 5.48 Å². The van der Waals surface area contributed by atoms with Gasteiger partial charge < -0.3 is 5.73 Å². The lowest BCUT2D eigenvalue weighted by Crippen LogP contribution is -2.36. The molecule has 2 amide bonds. The third-order valence-electron chi connectivity index (χ3n) is 1.22. The Balaban J connectivity index is 3.68. The number of nitrogens with two attached hydrogens (primary N) is 1. The van der Waals surface area contributed by atoms with E-state index in [0.29, 0.717) is 0 Å². The zero-order chi connectivity index (χ0) is 10.4. The van der Waals surface area contributed by atoms with Crippen molar-refractivity contribution in [3.63, 3.8) is 0 Å². The molecule has 0 rings (SSSR count). The number of hydrogen-bond acceptors (Lipinski definition) is 3. The van der Waals surface area contributed by atoms with Crippen LogP contribution in [0.4, 0.5) is 0 Å². The molecule has 0 bridgehead atoms. The van der Waals surface area contributed by atoms with E-state index in [4.69, 9.17) is 5.73 Å². The van der Waals surface area contributed by atoms with Gasteiger partial charge in [-0.05, 0) is 5.92 Å². The highest BCUT2D eigenvalue weighted by atomic mass is 79.9. The summed E-state index contributed by atoms with van der Waals surface area (Å²) < 4.78 is 0. The van der Waals surface area contributed by atoms with E-state index in [1.54, 1.807) is 0 Å². The fraction of sp³-hybridized carbons (Fsp3) is 0.714. The minimum absolute atomic E-state index is 0.150. The monoisotopic (exact) mass is 252 g/mol. The largest absolute Gasteiger partial charge is 0.368 e. The lowest BCUT2D eigenvalue weighted by molar-refractivity contribution is -0.137. The van der Waals surface area contributed by atoms with Crippen LogP contribution >= 0.6 is 15.9 Å². The maximum Gasteiger partial charge on any atom is 0.257 e. The summed E-state index contributed by atoms with van der Waals surface area (Å²) in [4.78, 5) is 25.5. The number of halogens is 1. The number of hydrogen-bond donors (Lipinski definition) is 2. The van der Waals surface area contributed by atoms with E-state index in [1.165, 1.54) is 0 Å². The summed E-state index contributed by atoms with van der Waals surface area (Å²) in [6.45, 7) is 3.45. The normalized spacial score (nSPS) is 12.6. The van der Waals surface area contributed by atoms with Crippen molar-refractivity contribution in [3.8, 4) is 0 Å². The molecule has 76 valence electrons. The van der Waals surface area contributed by atoms with Gasteiger partial charge >= 0.3 is 0 Å². The van der Waals surface area contributed by atoms with Crippen molar-refractivity contribution in [3.05, 3.63) is 0 Å². The van der Waals surface area contributed by atoms with Gasteiger partial charge in [0.2, 0.25) is 5.91 Å². The average Bonchev–Trinajstić information content (AvgIpc) is 2.02. The van der Waals surface area contributed by atoms with Crippen LogP contribution in [0.1, 0.15) is 13.8 Å². The predicted molar refractivity (Wildman–Crippen MR) is 50.8 cm³/mol. The number of rotatable bonds is 5. The van der Waals surface area contributed by atoms with E-state index in [-0.39, 0.29) is 23.3 Å². The van der Waals surface area contributed by atoms with E-state index in [1.807, 2.05) is 13.8 Å². The molecule has 0 saturated heterocycles. The van der Waals surface area contributed by atoms with Crippen LogP contribution in [-0.2, 0) is 14.4 Å². The highest BCUT2D eigenvalue weighted by Crippen LogP contribution is 2.11. The Morgan fingerprint density at radius 3 is 2.46 bits per heavy atom. The number of primary amides is 1. The van der Waals surface area contributed by atoms with Crippen molar-refractivity contribution in [2.75, 3.05) is 6.61 Å². The first-order valence-corrected chi connectivity index (χ1v) is 4.70. The summed E-state index contributed by atoms with van der Waals surface area (Å²) in [6, 6.07) is 0. The van der Waals surface area contributed by atoms with Gasteiger partial charge in [0.05, 0.1) is 4.83 Å². The van der Waals surface area contributed by atoms with Gasteiger partial charge in [0.15, 0.2) is 6.61 Å². The number of hydroxylamine groups is 1. The lowest BCUT2D eigenvalue weighted by Gasteiger charge is -2.12. The Bertz CT molecular complexity index is 196. The lowest BCUT2D eigenvalue weighted by atomic mass is 10.1. The first-order chi connectivity index (χ1) is 5.95. The minimum atomic E-state index is -0.629. The molecule has 0 fully saturated rings. The molecule has 1 unspecified atom stereocenters. The van der Waals surface area contributed by atoms with Crippen molar-refractivity contribution in [1.29, 1.82) is 0 Å². The van der Waals surface area contributed by atoms with Crippen LogP contribution in [0, 0.1) is 5.92 Å². The SMILES string of the molecule is CC(C)C(Br)C(=O)NOCC(N)=O. The molecule has 1 atom stereocenters. The summed E-state index contributed by atoms with van der Waals surface area (Å²) in [6.07, 6.45) is 0. The number of amides is 2. The van der Waals surface area contributed by atoms with Crippen molar-refractivity contribution in [1.82, 2.24) is 5.48 Å². The van der Waals surface area contributed by atoms with E-state index >= 15 is 0 Å². The smallest absolute Gasteiger partial charge is 0.257 e. The standard InChI is InChI=1S/C7H13BrN2O3/c1-4(2)6(8)7(12)10-13-3-5(9)11/h4,6H,3H2,1-2H3,(H2,9,11)(H,10,12). The predicted octanol–water partition coefficient (Wildman–Crippen LogP) is -0.0610. The van der Waals surface area contributed by atoms with Gasteiger partial charge in [0, 0.05) is 0 Å². The zero-order valence-corrected chi connectivity index (χ0v) is 9.13. The van der Waals surface area contributed by atoms with Gasteiger partial charge in [-0.15, -0.1) is 0 Å². The van der Waals surface area contributed by atoms with Crippen LogP contribution in [0.15, 0.2) is 0 Å². The molecule has 0 aromatic carbocycles. The molecule has 0 aliphatic carbocycles.